The largest absolute Gasteiger partial charge is 0.405 e. The molecule has 0 spiro atoms. The van der Waals surface area contributed by atoms with Crippen molar-refractivity contribution in [1.82, 2.24) is 24.2 Å². The van der Waals surface area contributed by atoms with E-state index in [9.17, 15) is 19.0 Å². The molecule has 0 bridgehead atoms. The molecule has 2 aromatic rings. The molecule has 12 nitrogen and oxygen atoms in total. The van der Waals surface area contributed by atoms with Gasteiger partial charge in [0.2, 0.25) is 0 Å². The number of aliphatic hydroxyl groups is 1. The van der Waals surface area contributed by atoms with Gasteiger partial charge in [-0.1, -0.05) is 0 Å². The molecule has 5 atom stereocenters. The average Bonchev–Trinajstić information content (AvgIpc) is 3.13. The van der Waals surface area contributed by atoms with E-state index < -0.39 is 39.0 Å². The Kier molecular flexibility index (Phi) is 5.80. The quantitative estimate of drug-likeness (QED) is 0.539. The number of hydrogen-bond acceptors (Lipinski definition) is 9. The number of ether oxygens (including phenoxy) is 2. The number of hydrogen-bond donors (Lipinski definition) is 3. The zero-order valence-corrected chi connectivity index (χ0v) is 16.3. The van der Waals surface area contributed by atoms with Gasteiger partial charge >= 0.3 is 7.75 Å². The molecule has 160 valence electrons. The zero-order chi connectivity index (χ0) is 20.6. The number of nitrogens with two attached hydrogens (primary N) is 1. The Morgan fingerprint density at radius 3 is 2.86 bits per heavy atom. The Morgan fingerprint density at radius 1 is 1.34 bits per heavy atom. The number of aromatic nitrogens is 4. The topological polar surface area (TPSA) is 158 Å². The van der Waals surface area contributed by atoms with Crippen molar-refractivity contribution < 1.29 is 33.0 Å². The lowest BCUT2D eigenvalue weighted by Crippen LogP contribution is -2.45. The van der Waals surface area contributed by atoms with Crippen molar-refractivity contribution in [3.8, 4) is 0 Å². The van der Waals surface area contributed by atoms with Crippen LogP contribution in [0.25, 0.3) is 11.2 Å². The van der Waals surface area contributed by atoms with E-state index in [2.05, 4.69) is 15.0 Å². The van der Waals surface area contributed by atoms with Crippen LogP contribution < -0.4 is 5.73 Å². The highest BCUT2D eigenvalue weighted by Gasteiger charge is 2.41. The predicted octanol–water partition coefficient (Wildman–Crippen LogP) is -0.156. The van der Waals surface area contributed by atoms with E-state index in [4.69, 9.17) is 19.7 Å². The molecule has 4 rings (SSSR count). The highest BCUT2D eigenvalue weighted by atomic mass is 31.2. The molecule has 0 radical (unpaired) electrons. The van der Waals surface area contributed by atoms with Gasteiger partial charge in [0, 0.05) is 19.5 Å². The van der Waals surface area contributed by atoms with Crippen LogP contribution in [0.1, 0.15) is 12.6 Å². The second-order valence-electron chi connectivity index (χ2n) is 6.82. The van der Waals surface area contributed by atoms with Crippen molar-refractivity contribution in [3.05, 3.63) is 12.7 Å². The maximum atomic E-state index is 14.5. The number of fused-ring (bicyclic) bond motifs is 1. The van der Waals surface area contributed by atoms with Crippen molar-refractivity contribution in [1.29, 1.82) is 0 Å². The van der Waals surface area contributed by atoms with E-state index >= 15 is 0 Å². The highest BCUT2D eigenvalue weighted by molar-refractivity contribution is 7.50. The van der Waals surface area contributed by atoms with Crippen LogP contribution in [0, 0.1) is 0 Å². The highest BCUT2D eigenvalue weighted by Crippen LogP contribution is 2.47. The number of nitrogen functional groups attached to an aromatic ring is 1. The molecule has 2 fully saturated rings. The van der Waals surface area contributed by atoms with Crippen LogP contribution in [0.2, 0.25) is 0 Å². The minimum absolute atomic E-state index is 0.161. The molecule has 2 aromatic heterocycles. The van der Waals surface area contributed by atoms with Gasteiger partial charge in [0.05, 0.1) is 26.1 Å². The fourth-order valence-corrected chi connectivity index (χ4v) is 4.54. The molecule has 14 heteroatoms. The van der Waals surface area contributed by atoms with E-state index in [0.29, 0.717) is 24.4 Å². The van der Waals surface area contributed by atoms with Gasteiger partial charge < -0.3 is 25.2 Å². The second kappa shape index (κ2) is 8.19. The number of morpholine rings is 1. The van der Waals surface area contributed by atoms with E-state index in [1.165, 1.54) is 21.9 Å². The molecular weight excluding hydrogens is 410 g/mol. The number of anilines is 1. The van der Waals surface area contributed by atoms with Gasteiger partial charge in [-0.25, -0.2) is 28.6 Å². The maximum absolute atomic E-state index is 14.5. The summed E-state index contributed by atoms with van der Waals surface area (Å²) < 4.78 is 45.6. The van der Waals surface area contributed by atoms with Crippen molar-refractivity contribution >= 4 is 24.7 Å². The van der Waals surface area contributed by atoms with Gasteiger partial charge in [-0.2, -0.15) is 0 Å². The van der Waals surface area contributed by atoms with Gasteiger partial charge in [0.25, 0.3) is 0 Å². The zero-order valence-electron chi connectivity index (χ0n) is 15.4. The van der Waals surface area contributed by atoms with E-state index in [1.807, 2.05) is 0 Å². The average molecular weight is 432 g/mol. The van der Waals surface area contributed by atoms with Crippen LogP contribution in [0.4, 0.5) is 10.2 Å². The fraction of sp³-hybridized carbons (Fsp3) is 0.667. The van der Waals surface area contributed by atoms with Gasteiger partial charge in [-0.05, 0) is 0 Å². The molecule has 2 aliphatic rings. The monoisotopic (exact) mass is 432 g/mol. The van der Waals surface area contributed by atoms with Crippen molar-refractivity contribution in [2.24, 2.45) is 0 Å². The first kappa shape index (κ1) is 20.5. The number of alkyl halides is 1. The van der Waals surface area contributed by atoms with Crippen LogP contribution in [-0.4, -0.2) is 85.5 Å². The summed E-state index contributed by atoms with van der Waals surface area (Å²) in [7, 11) is -4.11. The lowest BCUT2D eigenvalue weighted by atomic mass is 10.0. The third kappa shape index (κ3) is 4.12. The molecule has 2 saturated heterocycles. The molecule has 4 N–H and O–H groups in total. The number of halogens is 1. The van der Waals surface area contributed by atoms with Crippen LogP contribution in [0.3, 0.4) is 0 Å². The van der Waals surface area contributed by atoms with Crippen molar-refractivity contribution in [2.75, 3.05) is 38.6 Å². The number of nitrogens with zero attached hydrogens (tertiary/aromatic N) is 5. The summed E-state index contributed by atoms with van der Waals surface area (Å²) in [5.41, 5.74) is 6.41. The van der Waals surface area contributed by atoms with Crippen molar-refractivity contribution in [2.45, 2.75) is 31.0 Å². The normalized spacial score (nSPS) is 31.0. The molecule has 29 heavy (non-hydrogen) atoms. The first-order valence-corrected chi connectivity index (χ1v) is 10.6. The fourth-order valence-electron chi connectivity index (χ4n) is 3.36. The Labute approximate surface area is 165 Å². The third-order valence-electron chi connectivity index (χ3n) is 4.93. The van der Waals surface area contributed by atoms with Crippen LogP contribution in [-0.2, 0) is 18.6 Å². The molecule has 0 amide bonds. The summed E-state index contributed by atoms with van der Waals surface area (Å²) in [5.74, 6) is 0.161. The first-order chi connectivity index (χ1) is 13.9. The second-order valence-corrected chi connectivity index (χ2v) is 8.62. The van der Waals surface area contributed by atoms with E-state index in [0.717, 1.165) is 0 Å². The van der Waals surface area contributed by atoms with Crippen LogP contribution in [0.5, 0.6) is 0 Å². The third-order valence-corrected chi connectivity index (χ3v) is 6.53. The number of rotatable bonds is 5. The molecule has 0 saturated carbocycles. The van der Waals surface area contributed by atoms with Gasteiger partial charge in [-0.15, -0.1) is 0 Å². The SMILES string of the molecule is Nc1ncnc2c1ncn2[C@@H]1O[C@H](COP(=O)(O)N2CCOCC2)C(F)C[C@@H]1O. The summed E-state index contributed by atoms with van der Waals surface area (Å²) >= 11 is 0. The Morgan fingerprint density at radius 2 is 2.10 bits per heavy atom. The number of imidazole rings is 1. The van der Waals surface area contributed by atoms with Gasteiger partial charge in [-0.3, -0.25) is 9.09 Å². The summed E-state index contributed by atoms with van der Waals surface area (Å²) in [6.45, 7) is 0.641. The van der Waals surface area contributed by atoms with Crippen molar-refractivity contribution in [3.63, 3.8) is 0 Å². The minimum atomic E-state index is -4.11. The lowest BCUT2D eigenvalue weighted by molar-refractivity contribution is -0.188. The molecular formula is C15H22FN6O6P. The summed E-state index contributed by atoms with van der Waals surface area (Å²) in [4.78, 5) is 22.2. The maximum Gasteiger partial charge on any atom is 0.405 e. The Hall–Kier alpha value is -1.73. The summed E-state index contributed by atoms with van der Waals surface area (Å²) in [6, 6.07) is 0. The predicted molar refractivity (Wildman–Crippen MR) is 97.3 cm³/mol. The van der Waals surface area contributed by atoms with E-state index in [-0.39, 0.29) is 25.3 Å². The first-order valence-electron chi connectivity index (χ1n) is 9.08. The smallest absolute Gasteiger partial charge is 0.388 e. The molecule has 0 aromatic carbocycles. The van der Waals surface area contributed by atoms with E-state index in [1.54, 1.807) is 0 Å². The van der Waals surface area contributed by atoms with Gasteiger partial charge in [0.1, 0.15) is 30.2 Å². The number of aliphatic hydroxyl groups excluding tert-OH is 1. The molecule has 4 heterocycles. The van der Waals surface area contributed by atoms with Gasteiger partial charge in [0.15, 0.2) is 17.7 Å². The lowest BCUT2D eigenvalue weighted by Gasteiger charge is -2.37. The summed E-state index contributed by atoms with van der Waals surface area (Å²) in [5, 5.41) is 10.3. The molecule has 0 aliphatic carbocycles. The minimum Gasteiger partial charge on any atom is -0.388 e. The Bertz CT molecular complexity index is 911. The standard InChI is InChI=1S/C15H22FN6O6P/c16-9-5-10(23)15(22-8-20-12-13(17)18-7-19-14(12)22)28-11(9)6-27-29(24,25)21-1-3-26-4-2-21/h7-11,15,23H,1-6H2,(H,24,25)(H2,17,18,19)/t9?,10-,11+,15+/m0/s1. The summed E-state index contributed by atoms with van der Waals surface area (Å²) in [6.07, 6.45) is -2.58. The molecule has 2 unspecified atom stereocenters. The van der Waals surface area contributed by atoms with Crippen LogP contribution in [0.15, 0.2) is 12.7 Å². The molecule has 2 aliphatic heterocycles. The Balaban J connectivity index is 1.48. The van der Waals surface area contributed by atoms with Crippen LogP contribution >= 0.6 is 7.75 Å².